The molecular weight excluding hydrogens is 174 g/mol. The molecule has 1 aliphatic rings. The largest absolute Gasteiger partial charge is 0.391 e. The molecule has 14 heavy (non-hydrogen) atoms. The van der Waals surface area contributed by atoms with Crippen molar-refractivity contribution in [3.63, 3.8) is 0 Å². The third kappa shape index (κ3) is 1.75. The fourth-order valence-electron chi connectivity index (χ4n) is 2.08. The summed E-state index contributed by atoms with van der Waals surface area (Å²) in [7, 11) is 0. The third-order valence-corrected chi connectivity index (χ3v) is 2.88. The second-order valence-corrected chi connectivity index (χ2v) is 3.87. The van der Waals surface area contributed by atoms with E-state index in [2.05, 4.69) is 36.1 Å². The van der Waals surface area contributed by atoms with Crippen LogP contribution in [0.1, 0.15) is 18.9 Å². The lowest BCUT2D eigenvalue weighted by Gasteiger charge is -2.20. The molecule has 2 heteroatoms. The number of aliphatic hydroxyl groups excluding tert-OH is 1. The van der Waals surface area contributed by atoms with E-state index >= 15 is 0 Å². The molecule has 0 saturated carbocycles. The molecule has 1 N–H and O–H groups in total. The Balaban J connectivity index is 2.22. The molecule has 1 atom stereocenters. The molecule has 1 unspecified atom stereocenters. The van der Waals surface area contributed by atoms with Crippen molar-refractivity contribution in [3.8, 4) is 0 Å². The average molecular weight is 191 g/mol. The maximum absolute atomic E-state index is 9.48. The second-order valence-electron chi connectivity index (χ2n) is 3.87. The van der Waals surface area contributed by atoms with E-state index in [4.69, 9.17) is 0 Å². The first kappa shape index (κ1) is 9.53. The van der Waals surface area contributed by atoms with Gasteiger partial charge in [0.05, 0.1) is 6.10 Å². The second kappa shape index (κ2) is 4.01. The highest BCUT2D eigenvalue weighted by Crippen LogP contribution is 2.24. The Morgan fingerprint density at radius 2 is 2.21 bits per heavy atom. The summed E-state index contributed by atoms with van der Waals surface area (Å²) < 4.78 is 0. The predicted molar refractivity (Wildman–Crippen MR) is 58.7 cm³/mol. The molecule has 0 aromatic heterocycles. The molecule has 1 aromatic rings. The van der Waals surface area contributed by atoms with Gasteiger partial charge in [-0.15, -0.1) is 0 Å². The number of aliphatic hydroxyl groups is 1. The Morgan fingerprint density at radius 1 is 1.43 bits per heavy atom. The number of anilines is 1. The molecule has 1 fully saturated rings. The summed E-state index contributed by atoms with van der Waals surface area (Å²) in [5, 5.41) is 9.48. The third-order valence-electron chi connectivity index (χ3n) is 2.88. The van der Waals surface area contributed by atoms with E-state index < -0.39 is 0 Å². The molecule has 76 valence electrons. The number of hydrogen-bond acceptors (Lipinski definition) is 2. The van der Waals surface area contributed by atoms with E-state index in [1.165, 1.54) is 11.3 Å². The van der Waals surface area contributed by atoms with Crippen LogP contribution in [0.4, 0.5) is 5.69 Å². The van der Waals surface area contributed by atoms with Gasteiger partial charge in [0.25, 0.3) is 0 Å². The standard InChI is InChI=1S/C12H17NO/c1-2-10-5-3-4-6-12(10)13-8-7-11(14)9-13/h3-6,11,14H,2,7-9H2,1H3. The summed E-state index contributed by atoms with van der Waals surface area (Å²) in [6.07, 6.45) is 1.82. The summed E-state index contributed by atoms with van der Waals surface area (Å²) in [6, 6.07) is 8.46. The van der Waals surface area contributed by atoms with Crippen molar-refractivity contribution < 1.29 is 5.11 Å². The van der Waals surface area contributed by atoms with Crippen molar-refractivity contribution in [3.05, 3.63) is 29.8 Å². The van der Waals surface area contributed by atoms with Gasteiger partial charge in [-0.2, -0.15) is 0 Å². The van der Waals surface area contributed by atoms with Crippen LogP contribution in [-0.4, -0.2) is 24.3 Å². The minimum Gasteiger partial charge on any atom is -0.391 e. The molecule has 0 amide bonds. The Morgan fingerprint density at radius 3 is 2.86 bits per heavy atom. The Hall–Kier alpha value is -1.02. The molecular formula is C12H17NO. The highest BCUT2D eigenvalue weighted by atomic mass is 16.3. The van der Waals surface area contributed by atoms with Gasteiger partial charge in [0.15, 0.2) is 0 Å². The zero-order valence-electron chi connectivity index (χ0n) is 8.61. The van der Waals surface area contributed by atoms with Gasteiger partial charge in [0.2, 0.25) is 0 Å². The van der Waals surface area contributed by atoms with Crippen LogP contribution in [0.15, 0.2) is 24.3 Å². The van der Waals surface area contributed by atoms with Crippen LogP contribution in [0, 0.1) is 0 Å². The van der Waals surface area contributed by atoms with E-state index in [0.717, 1.165) is 25.9 Å². The minimum absolute atomic E-state index is 0.139. The van der Waals surface area contributed by atoms with Crippen molar-refractivity contribution in [1.82, 2.24) is 0 Å². The zero-order chi connectivity index (χ0) is 9.97. The van der Waals surface area contributed by atoms with Crippen LogP contribution >= 0.6 is 0 Å². The van der Waals surface area contributed by atoms with Crippen LogP contribution in [0.3, 0.4) is 0 Å². The van der Waals surface area contributed by atoms with Crippen LogP contribution in [-0.2, 0) is 6.42 Å². The summed E-state index contributed by atoms with van der Waals surface area (Å²) >= 11 is 0. The predicted octanol–water partition coefficient (Wildman–Crippen LogP) is 1.82. The lowest BCUT2D eigenvalue weighted by molar-refractivity contribution is 0.198. The smallest absolute Gasteiger partial charge is 0.0731 e. The lowest BCUT2D eigenvalue weighted by Crippen LogP contribution is -2.22. The molecule has 1 saturated heterocycles. The Bertz CT molecular complexity index is 311. The number of para-hydroxylation sites is 1. The van der Waals surface area contributed by atoms with Crippen molar-refractivity contribution in [2.24, 2.45) is 0 Å². The van der Waals surface area contributed by atoms with Gasteiger partial charge in [-0.25, -0.2) is 0 Å². The van der Waals surface area contributed by atoms with E-state index in [9.17, 15) is 5.11 Å². The molecule has 0 radical (unpaired) electrons. The van der Waals surface area contributed by atoms with Crippen molar-refractivity contribution in [1.29, 1.82) is 0 Å². The minimum atomic E-state index is -0.139. The molecule has 1 heterocycles. The molecule has 1 aliphatic heterocycles. The molecule has 0 bridgehead atoms. The van der Waals surface area contributed by atoms with Gasteiger partial charge in [0.1, 0.15) is 0 Å². The zero-order valence-corrected chi connectivity index (χ0v) is 8.61. The number of benzene rings is 1. The van der Waals surface area contributed by atoms with Gasteiger partial charge in [0, 0.05) is 18.8 Å². The van der Waals surface area contributed by atoms with Crippen LogP contribution < -0.4 is 4.90 Å². The first-order valence-electron chi connectivity index (χ1n) is 5.32. The first-order valence-corrected chi connectivity index (χ1v) is 5.32. The number of nitrogens with zero attached hydrogens (tertiary/aromatic N) is 1. The number of β-amino-alcohol motifs (C(OH)–C–C–N with tert-alkyl or cyclic N) is 1. The normalized spacial score (nSPS) is 21.6. The molecule has 2 nitrogen and oxygen atoms in total. The first-order chi connectivity index (χ1) is 6.81. The van der Waals surface area contributed by atoms with Gasteiger partial charge in [-0.1, -0.05) is 25.1 Å². The number of rotatable bonds is 2. The van der Waals surface area contributed by atoms with E-state index in [1.807, 2.05) is 0 Å². The van der Waals surface area contributed by atoms with Gasteiger partial charge >= 0.3 is 0 Å². The number of hydrogen-bond donors (Lipinski definition) is 1. The topological polar surface area (TPSA) is 23.5 Å². The van der Waals surface area contributed by atoms with E-state index in [-0.39, 0.29) is 6.10 Å². The fourth-order valence-corrected chi connectivity index (χ4v) is 2.08. The van der Waals surface area contributed by atoms with Gasteiger partial charge in [-0.05, 0) is 24.5 Å². The molecule has 0 spiro atoms. The van der Waals surface area contributed by atoms with Crippen molar-refractivity contribution >= 4 is 5.69 Å². The van der Waals surface area contributed by atoms with Crippen LogP contribution in [0.5, 0.6) is 0 Å². The highest BCUT2D eigenvalue weighted by Gasteiger charge is 2.21. The Kier molecular flexibility index (Phi) is 2.73. The summed E-state index contributed by atoms with van der Waals surface area (Å²) in [4.78, 5) is 2.28. The average Bonchev–Trinajstić information content (AvgIpc) is 2.65. The summed E-state index contributed by atoms with van der Waals surface area (Å²) in [5.74, 6) is 0. The highest BCUT2D eigenvalue weighted by molar-refractivity contribution is 5.54. The SMILES string of the molecule is CCc1ccccc1N1CCC(O)C1. The van der Waals surface area contributed by atoms with E-state index in [0.29, 0.717) is 0 Å². The summed E-state index contributed by atoms with van der Waals surface area (Å²) in [6.45, 7) is 3.94. The maximum atomic E-state index is 9.48. The summed E-state index contributed by atoms with van der Waals surface area (Å²) in [5.41, 5.74) is 2.67. The van der Waals surface area contributed by atoms with Crippen molar-refractivity contribution in [2.45, 2.75) is 25.9 Å². The quantitative estimate of drug-likeness (QED) is 0.770. The van der Waals surface area contributed by atoms with Gasteiger partial charge < -0.3 is 10.0 Å². The lowest BCUT2D eigenvalue weighted by atomic mass is 10.1. The molecule has 1 aromatic carbocycles. The van der Waals surface area contributed by atoms with Crippen LogP contribution in [0.25, 0.3) is 0 Å². The van der Waals surface area contributed by atoms with Gasteiger partial charge in [-0.3, -0.25) is 0 Å². The van der Waals surface area contributed by atoms with Crippen LogP contribution in [0.2, 0.25) is 0 Å². The van der Waals surface area contributed by atoms with E-state index in [1.54, 1.807) is 0 Å². The maximum Gasteiger partial charge on any atom is 0.0731 e. The monoisotopic (exact) mass is 191 g/mol. The van der Waals surface area contributed by atoms with Crippen molar-refractivity contribution in [2.75, 3.05) is 18.0 Å². The number of aryl methyl sites for hydroxylation is 1. The molecule has 2 rings (SSSR count). The fraction of sp³-hybridized carbons (Fsp3) is 0.500. The molecule has 0 aliphatic carbocycles. The Labute approximate surface area is 85.2 Å².